The maximum absolute atomic E-state index is 12.8. The summed E-state index contributed by atoms with van der Waals surface area (Å²) in [5, 5.41) is 15.9. The molecule has 3 N–H and O–H groups in total. The summed E-state index contributed by atoms with van der Waals surface area (Å²) in [4.78, 5) is 44.1. The smallest absolute Gasteiger partial charge is 0.326 e. The SMILES string of the molecule is CC1(C(=O)N[C@@H](CC2CCN(C(=O)CCc3ccc4c(n3)NCCC4)CC2)C(=O)O)CCCCC1. The van der Waals surface area contributed by atoms with Crippen LogP contribution in [-0.4, -0.2) is 58.5 Å². The number of anilines is 1. The number of hydrogen-bond acceptors (Lipinski definition) is 5. The number of pyridine rings is 1. The van der Waals surface area contributed by atoms with Crippen LogP contribution in [0.4, 0.5) is 5.82 Å². The summed E-state index contributed by atoms with van der Waals surface area (Å²) >= 11 is 0. The highest BCUT2D eigenvalue weighted by molar-refractivity contribution is 5.87. The van der Waals surface area contributed by atoms with Crippen molar-refractivity contribution in [2.24, 2.45) is 11.3 Å². The first kappa shape index (κ1) is 25.5. The zero-order chi connectivity index (χ0) is 24.8. The number of carboxylic acid groups (broad SMARTS) is 1. The van der Waals surface area contributed by atoms with Crippen LogP contribution in [0.1, 0.15) is 82.4 Å². The van der Waals surface area contributed by atoms with Gasteiger partial charge in [0.2, 0.25) is 11.8 Å². The van der Waals surface area contributed by atoms with Crippen LogP contribution in [-0.2, 0) is 27.2 Å². The van der Waals surface area contributed by atoms with Crippen LogP contribution in [0.25, 0.3) is 0 Å². The number of carbonyl (C=O) groups is 3. The van der Waals surface area contributed by atoms with Crippen molar-refractivity contribution >= 4 is 23.6 Å². The van der Waals surface area contributed by atoms with Gasteiger partial charge in [0.25, 0.3) is 0 Å². The zero-order valence-corrected chi connectivity index (χ0v) is 21.0. The number of piperidine rings is 1. The first-order valence-electron chi connectivity index (χ1n) is 13.4. The van der Waals surface area contributed by atoms with E-state index >= 15 is 0 Å². The molecule has 2 aliphatic heterocycles. The molecule has 2 amide bonds. The lowest BCUT2D eigenvalue weighted by Crippen LogP contribution is -2.49. The number of rotatable bonds is 8. The largest absolute Gasteiger partial charge is 0.480 e. The van der Waals surface area contributed by atoms with Crippen LogP contribution < -0.4 is 10.6 Å². The zero-order valence-electron chi connectivity index (χ0n) is 21.0. The number of likely N-dealkylation sites (tertiary alicyclic amines) is 1. The third-order valence-corrected chi connectivity index (χ3v) is 8.19. The van der Waals surface area contributed by atoms with Crippen molar-refractivity contribution in [2.45, 2.75) is 90.0 Å². The molecule has 0 spiro atoms. The molecule has 192 valence electrons. The lowest BCUT2D eigenvalue weighted by Gasteiger charge is -2.35. The van der Waals surface area contributed by atoms with Gasteiger partial charge in [0, 0.05) is 37.2 Å². The summed E-state index contributed by atoms with van der Waals surface area (Å²) in [6.45, 7) is 4.19. The topological polar surface area (TPSA) is 112 Å². The fraction of sp³-hybridized carbons (Fsp3) is 0.704. The molecule has 3 aliphatic rings. The second-order valence-corrected chi connectivity index (χ2v) is 10.9. The van der Waals surface area contributed by atoms with Crippen molar-refractivity contribution in [2.75, 3.05) is 25.0 Å². The number of aryl methyl sites for hydroxylation is 2. The molecule has 0 unspecified atom stereocenters. The summed E-state index contributed by atoms with van der Waals surface area (Å²) in [6.07, 6.45) is 10.0. The average Bonchev–Trinajstić information content (AvgIpc) is 2.87. The average molecular weight is 485 g/mol. The minimum atomic E-state index is -0.969. The van der Waals surface area contributed by atoms with Crippen molar-refractivity contribution in [1.82, 2.24) is 15.2 Å². The molecule has 3 heterocycles. The van der Waals surface area contributed by atoms with E-state index in [0.717, 1.165) is 75.8 Å². The molecule has 2 fully saturated rings. The Kier molecular flexibility index (Phi) is 8.29. The summed E-state index contributed by atoms with van der Waals surface area (Å²) in [5.41, 5.74) is 1.73. The number of nitrogens with one attached hydrogen (secondary N) is 2. The predicted octanol–water partition coefficient (Wildman–Crippen LogP) is 3.54. The lowest BCUT2D eigenvalue weighted by atomic mass is 9.75. The Morgan fingerprint density at radius 2 is 1.91 bits per heavy atom. The predicted molar refractivity (Wildman–Crippen MR) is 134 cm³/mol. The molecule has 1 aromatic heterocycles. The van der Waals surface area contributed by atoms with E-state index in [1.54, 1.807) is 0 Å². The van der Waals surface area contributed by atoms with Crippen molar-refractivity contribution in [1.29, 1.82) is 0 Å². The summed E-state index contributed by atoms with van der Waals surface area (Å²) in [5.74, 6) is 0.184. The van der Waals surface area contributed by atoms with E-state index in [1.165, 1.54) is 5.56 Å². The molecule has 0 radical (unpaired) electrons. The summed E-state index contributed by atoms with van der Waals surface area (Å²) < 4.78 is 0. The molecular weight excluding hydrogens is 444 g/mol. The number of carboxylic acids is 1. The highest BCUT2D eigenvalue weighted by atomic mass is 16.4. The van der Waals surface area contributed by atoms with E-state index in [-0.39, 0.29) is 17.7 Å². The fourth-order valence-corrected chi connectivity index (χ4v) is 5.77. The quantitative estimate of drug-likeness (QED) is 0.520. The standard InChI is InChI=1S/C27H40N4O4/c1-27(13-3-2-4-14-27)26(35)30-22(25(33)34)18-19-11-16-31(17-12-19)23(32)10-9-21-8-7-20-6-5-15-28-24(20)29-21/h7-8,19,22H,2-6,9-18H2,1H3,(H,28,29)(H,30,35)(H,33,34)/t22-/m0/s1. The van der Waals surface area contributed by atoms with Gasteiger partial charge in [-0.15, -0.1) is 0 Å². The molecule has 1 aliphatic carbocycles. The van der Waals surface area contributed by atoms with Crippen molar-refractivity contribution in [3.05, 3.63) is 23.4 Å². The molecule has 1 saturated carbocycles. The normalized spacial score (nSPS) is 20.9. The van der Waals surface area contributed by atoms with Gasteiger partial charge in [0.05, 0.1) is 0 Å². The molecule has 4 rings (SSSR count). The number of aliphatic carboxylic acids is 1. The Morgan fingerprint density at radius 1 is 1.17 bits per heavy atom. The van der Waals surface area contributed by atoms with Gasteiger partial charge in [-0.05, 0) is 68.9 Å². The van der Waals surface area contributed by atoms with Crippen LogP contribution >= 0.6 is 0 Å². The molecule has 1 atom stereocenters. The van der Waals surface area contributed by atoms with E-state index in [0.29, 0.717) is 32.4 Å². The van der Waals surface area contributed by atoms with Gasteiger partial charge < -0.3 is 20.6 Å². The van der Waals surface area contributed by atoms with E-state index in [9.17, 15) is 19.5 Å². The van der Waals surface area contributed by atoms with Gasteiger partial charge in [0.1, 0.15) is 11.9 Å². The van der Waals surface area contributed by atoms with E-state index in [4.69, 9.17) is 0 Å². The third-order valence-electron chi connectivity index (χ3n) is 8.19. The van der Waals surface area contributed by atoms with Gasteiger partial charge in [0.15, 0.2) is 0 Å². The Hall–Kier alpha value is -2.64. The Balaban J connectivity index is 1.22. The molecular formula is C27H40N4O4. The number of fused-ring (bicyclic) bond motifs is 1. The molecule has 1 aromatic rings. The van der Waals surface area contributed by atoms with E-state index in [1.807, 2.05) is 17.9 Å². The van der Waals surface area contributed by atoms with Gasteiger partial charge in [-0.25, -0.2) is 9.78 Å². The maximum atomic E-state index is 12.8. The summed E-state index contributed by atoms with van der Waals surface area (Å²) in [7, 11) is 0. The molecule has 35 heavy (non-hydrogen) atoms. The first-order valence-corrected chi connectivity index (χ1v) is 13.4. The lowest BCUT2D eigenvalue weighted by molar-refractivity contribution is -0.145. The number of aromatic nitrogens is 1. The maximum Gasteiger partial charge on any atom is 0.326 e. The number of carbonyl (C=O) groups excluding carboxylic acids is 2. The molecule has 1 saturated heterocycles. The van der Waals surface area contributed by atoms with Gasteiger partial charge >= 0.3 is 5.97 Å². The third kappa shape index (κ3) is 6.53. The summed E-state index contributed by atoms with van der Waals surface area (Å²) in [6, 6.07) is 3.28. The van der Waals surface area contributed by atoms with Crippen molar-refractivity contribution < 1.29 is 19.5 Å². The number of hydrogen-bond donors (Lipinski definition) is 3. The Bertz CT molecular complexity index is 920. The van der Waals surface area contributed by atoms with Crippen LogP contribution in [0.2, 0.25) is 0 Å². The van der Waals surface area contributed by atoms with E-state index in [2.05, 4.69) is 21.7 Å². The van der Waals surface area contributed by atoms with E-state index < -0.39 is 17.4 Å². The highest BCUT2D eigenvalue weighted by Crippen LogP contribution is 2.36. The van der Waals surface area contributed by atoms with Crippen LogP contribution in [0, 0.1) is 11.3 Å². The van der Waals surface area contributed by atoms with Crippen molar-refractivity contribution in [3.8, 4) is 0 Å². The molecule has 8 nitrogen and oxygen atoms in total. The van der Waals surface area contributed by atoms with Gasteiger partial charge in [-0.3, -0.25) is 9.59 Å². The first-order chi connectivity index (χ1) is 16.8. The second kappa shape index (κ2) is 11.4. The van der Waals surface area contributed by atoms with Crippen molar-refractivity contribution in [3.63, 3.8) is 0 Å². The van der Waals surface area contributed by atoms with Crippen LogP contribution in [0.3, 0.4) is 0 Å². The Morgan fingerprint density at radius 3 is 2.63 bits per heavy atom. The number of amides is 2. The van der Waals surface area contributed by atoms with Gasteiger partial charge in [-0.2, -0.15) is 0 Å². The minimum absolute atomic E-state index is 0.122. The van der Waals surface area contributed by atoms with Crippen LogP contribution in [0.5, 0.6) is 0 Å². The second-order valence-electron chi connectivity index (χ2n) is 10.9. The highest BCUT2D eigenvalue weighted by Gasteiger charge is 2.37. The molecule has 0 bridgehead atoms. The van der Waals surface area contributed by atoms with Gasteiger partial charge in [-0.1, -0.05) is 32.3 Å². The number of nitrogens with zero attached hydrogens (tertiary/aromatic N) is 2. The molecule has 0 aromatic carbocycles. The molecule has 8 heteroatoms. The minimum Gasteiger partial charge on any atom is -0.480 e. The fourth-order valence-electron chi connectivity index (χ4n) is 5.77. The monoisotopic (exact) mass is 484 g/mol. The Labute approximate surface area is 208 Å². The van der Waals surface area contributed by atoms with Crippen LogP contribution in [0.15, 0.2) is 12.1 Å².